The van der Waals surface area contributed by atoms with Crippen molar-refractivity contribution < 1.29 is 14.6 Å². The number of ether oxygens (including phenoxy) is 1. The fourth-order valence-electron chi connectivity index (χ4n) is 4.98. The molecule has 0 saturated carbocycles. The smallest absolute Gasteiger partial charge is 0.249 e. The van der Waals surface area contributed by atoms with Gasteiger partial charge in [-0.25, -0.2) is 9.97 Å². The lowest BCUT2D eigenvalue weighted by Crippen LogP contribution is -2.54. The second kappa shape index (κ2) is 11.5. The molecule has 42 heavy (non-hydrogen) atoms. The molecule has 0 aliphatic carbocycles. The van der Waals surface area contributed by atoms with Gasteiger partial charge in [0.25, 0.3) is 0 Å². The van der Waals surface area contributed by atoms with E-state index in [0.29, 0.717) is 71.9 Å². The number of anilines is 2. The van der Waals surface area contributed by atoms with Crippen LogP contribution in [0.1, 0.15) is 39.3 Å². The largest absolute Gasteiger partial charge is 0.389 e. The van der Waals surface area contributed by atoms with Crippen molar-refractivity contribution >= 4 is 40.4 Å². The van der Waals surface area contributed by atoms with Crippen LogP contribution in [-0.2, 0) is 9.53 Å². The zero-order valence-corrected chi connectivity index (χ0v) is 24.4. The van der Waals surface area contributed by atoms with Gasteiger partial charge in [-0.2, -0.15) is 15.2 Å². The molecule has 0 bridgehead atoms. The van der Waals surface area contributed by atoms with Crippen molar-refractivity contribution in [3.05, 3.63) is 53.3 Å². The molecule has 4 N–H and O–H groups in total. The fourth-order valence-corrected chi connectivity index (χ4v) is 5.10. The molecule has 13 heteroatoms. The lowest BCUT2D eigenvalue weighted by atomic mass is 9.90. The first-order valence-electron chi connectivity index (χ1n) is 13.6. The van der Waals surface area contributed by atoms with Crippen LogP contribution in [0.2, 0.25) is 5.02 Å². The minimum absolute atomic E-state index is 0.203. The molecule has 4 heterocycles. The molecular weight excluding hydrogens is 558 g/mol. The topological polar surface area (TPSA) is 168 Å². The number of fused-ring (bicyclic) bond motifs is 1. The second-order valence-corrected chi connectivity index (χ2v) is 11.2. The van der Waals surface area contributed by atoms with Crippen molar-refractivity contribution in [3.8, 4) is 23.1 Å². The van der Waals surface area contributed by atoms with Crippen molar-refractivity contribution in [3.63, 3.8) is 0 Å². The summed E-state index contributed by atoms with van der Waals surface area (Å²) in [6.07, 6.45) is 2.37. The number of amides is 1. The van der Waals surface area contributed by atoms with Crippen LogP contribution in [0.4, 0.5) is 11.8 Å². The van der Waals surface area contributed by atoms with E-state index in [2.05, 4.69) is 10.3 Å². The molecule has 0 spiro atoms. The van der Waals surface area contributed by atoms with Gasteiger partial charge >= 0.3 is 0 Å². The van der Waals surface area contributed by atoms with Crippen LogP contribution in [0.3, 0.4) is 0 Å². The Morgan fingerprint density at radius 3 is 2.48 bits per heavy atom. The van der Waals surface area contributed by atoms with E-state index < -0.39 is 17.1 Å². The normalized spacial score (nSPS) is 15.0. The number of aromatic nitrogens is 5. The number of halogens is 1. The van der Waals surface area contributed by atoms with Crippen molar-refractivity contribution in [1.82, 2.24) is 24.5 Å². The standard InChI is InChI=1S/C29H32ClN9O3/c1-4-42-29(26(32)40)11-13-38(14-12-29)24-22-25(37-27(36-24)34-17-28(2,3)41)39(21-9-6-19(30)7-10-21)23(35-22)18-5-8-20(15-31)33-16-18/h5-10,16,41H,4,11-14,17H2,1-3H3,(H2,32,40)(H,34,36,37). The van der Waals surface area contributed by atoms with Gasteiger partial charge in [-0.05, 0) is 57.2 Å². The Labute approximate surface area is 248 Å². The van der Waals surface area contributed by atoms with E-state index in [-0.39, 0.29) is 12.2 Å². The molecule has 5 rings (SSSR count). The lowest BCUT2D eigenvalue weighted by Gasteiger charge is -2.39. The number of benzene rings is 1. The molecule has 0 radical (unpaired) electrons. The van der Waals surface area contributed by atoms with Gasteiger partial charge in [0.15, 0.2) is 17.0 Å². The molecule has 1 aliphatic heterocycles. The predicted octanol–water partition coefficient (Wildman–Crippen LogP) is 3.45. The number of carbonyl (C=O) groups is 1. The number of imidazole rings is 1. The van der Waals surface area contributed by atoms with Crippen LogP contribution in [0.25, 0.3) is 28.2 Å². The zero-order chi connectivity index (χ0) is 30.1. The fraction of sp³-hybridized carbons (Fsp3) is 0.379. The monoisotopic (exact) mass is 589 g/mol. The van der Waals surface area contributed by atoms with Crippen molar-refractivity contribution in [2.45, 2.75) is 44.8 Å². The number of nitrogens with two attached hydrogens (primary N) is 1. The molecule has 1 amide bonds. The number of rotatable bonds is 9. The molecular formula is C29H32ClN9O3. The third-order valence-corrected chi connectivity index (χ3v) is 7.38. The van der Waals surface area contributed by atoms with Crippen LogP contribution in [0.15, 0.2) is 42.6 Å². The van der Waals surface area contributed by atoms with E-state index in [0.717, 1.165) is 5.69 Å². The van der Waals surface area contributed by atoms with Gasteiger partial charge in [0.05, 0.1) is 5.60 Å². The summed E-state index contributed by atoms with van der Waals surface area (Å²) in [5.41, 5.74) is 6.45. The van der Waals surface area contributed by atoms with Crippen molar-refractivity contribution in [2.24, 2.45) is 5.73 Å². The number of nitrogens with zero attached hydrogens (tertiary/aromatic N) is 7. The van der Waals surface area contributed by atoms with E-state index in [1.54, 1.807) is 44.3 Å². The van der Waals surface area contributed by atoms with Gasteiger partial charge in [-0.1, -0.05) is 11.6 Å². The molecule has 1 aromatic carbocycles. The summed E-state index contributed by atoms with van der Waals surface area (Å²) < 4.78 is 7.72. The minimum atomic E-state index is -1.04. The minimum Gasteiger partial charge on any atom is -0.389 e. The molecule has 0 unspecified atom stereocenters. The molecule has 12 nitrogen and oxygen atoms in total. The van der Waals surface area contributed by atoms with E-state index in [1.807, 2.05) is 34.6 Å². The highest BCUT2D eigenvalue weighted by Crippen LogP contribution is 2.36. The summed E-state index contributed by atoms with van der Waals surface area (Å²) in [5.74, 6) is 0.920. The maximum Gasteiger partial charge on any atom is 0.249 e. The number of hydrogen-bond donors (Lipinski definition) is 3. The highest BCUT2D eigenvalue weighted by molar-refractivity contribution is 6.30. The zero-order valence-electron chi connectivity index (χ0n) is 23.6. The van der Waals surface area contributed by atoms with E-state index in [4.69, 9.17) is 37.0 Å². The first-order chi connectivity index (χ1) is 20.0. The quantitative estimate of drug-likeness (QED) is 0.263. The Bertz CT molecular complexity index is 1630. The van der Waals surface area contributed by atoms with E-state index >= 15 is 0 Å². The number of pyridine rings is 1. The average Bonchev–Trinajstić information content (AvgIpc) is 3.36. The third kappa shape index (κ3) is 5.85. The molecule has 0 atom stereocenters. The van der Waals surface area contributed by atoms with Gasteiger partial charge in [0.2, 0.25) is 11.9 Å². The summed E-state index contributed by atoms with van der Waals surface area (Å²) in [7, 11) is 0. The van der Waals surface area contributed by atoms with Gasteiger partial charge in [0, 0.05) is 61.6 Å². The van der Waals surface area contributed by atoms with Gasteiger partial charge in [-0.15, -0.1) is 0 Å². The number of aliphatic hydroxyl groups is 1. The summed E-state index contributed by atoms with van der Waals surface area (Å²) in [5, 5.41) is 23.4. The number of piperidine rings is 1. The SMILES string of the molecule is CCOC1(C(N)=O)CCN(c2nc(NCC(C)(C)O)nc3c2nc(-c2ccc(C#N)nc2)n3-c2ccc(Cl)cc2)CC1. The number of nitriles is 1. The lowest BCUT2D eigenvalue weighted by molar-refractivity contribution is -0.146. The van der Waals surface area contributed by atoms with Gasteiger partial charge < -0.3 is 25.8 Å². The Balaban J connectivity index is 1.70. The van der Waals surface area contributed by atoms with Gasteiger partial charge in [-0.3, -0.25) is 9.36 Å². The van der Waals surface area contributed by atoms with Crippen LogP contribution in [-0.4, -0.2) is 73.0 Å². The molecule has 3 aromatic heterocycles. The highest BCUT2D eigenvalue weighted by Gasteiger charge is 2.41. The van der Waals surface area contributed by atoms with Crippen LogP contribution >= 0.6 is 11.6 Å². The van der Waals surface area contributed by atoms with Gasteiger partial charge in [0.1, 0.15) is 23.2 Å². The summed E-state index contributed by atoms with van der Waals surface area (Å²) in [6.45, 7) is 6.69. The summed E-state index contributed by atoms with van der Waals surface area (Å²) in [6, 6.07) is 12.7. The Hall–Kier alpha value is -4.31. The molecule has 4 aromatic rings. The summed E-state index contributed by atoms with van der Waals surface area (Å²) >= 11 is 6.21. The first kappa shape index (κ1) is 29.2. The Morgan fingerprint density at radius 2 is 1.90 bits per heavy atom. The Morgan fingerprint density at radius 1 is 1.19 bits per heavy atom. The molecule has 1 saturated heterocycles. The number of carbonyl (C=O) groups excluding carboxylic acids is 1. The predicted molar refractivity (Wildman–Crippen MR) is 159 cm³/mol. The second-order valence-electron chi connectivity index (χ2n) is 10.8. The number of hydrogen-bond acceptors (Lipinski definition) is 10. The molecule has 1 fully saturated rings. The van der Waals surface area contributed by atoms with Crippen molar-refractivity contribution in [2.75, 3.05) is 36.5 Å². The maximum atomic E-state index is 12.4. The molecule has 218 valence electrons. The maximum absolute atomic E-state index is 12.4. The summed E-state index contributed by atoms with van der Waals surface area (Å²) in [4.78, 5) is 33.3. The van der Waals surface area contributed by atoms with Crippen molar-refractivity contribution in [1.29, 1.82) is 5.26 Å². The Kier molecular flexibility index (Phi) is 8.01. The van der Waals surface area contributed by atoms with Crippen LogP contribution < -0.4 is 16.0 Å². The highest BCUT2D eigenvalue weighted by atomic mass is 35.5. The average molecular weight is 590 g/mol. The van der Waals surface area contributed by atoms with Crippen LogP contribution in [0, 0.1) is 11.3 Å². The van der Waals surface area contributed by atoms with E-state index in [1.165, 1.54) is 0 Å². The first-order valence-corrected chi connectivity index (χ1v) is 14.0. The van der Waals surface area contributed by atoms with Crippen LogP contribution in [0.5, 0.6) is 0 Å². The molecule has 1 aliphatic rings. The third-order valence-electron chi connectivity index (χ3n) is 7.13. The van der Waals surface area contributed by atoms with E-state index in [9.17, 15) is 15.2 Å². The number of nitrogens with one attached hydrogen (secondary N) is 1. The number of primary amides is 1.